The number of nitrogens with zero attached hydrogens (tertiary/aromatic N) is 2. The number of hydrogen-bond acceptors (Lipinski definition) is 4. The molecule has 1 unspecified atom stereocenters. The van der Waals surface area contributed by atoms with E-state index >= 15 is 0 Å². The minimum atomic E-state index is -3.55. The van der Waals surface area contributed by atoms with Crippen LogP contribution in [0.4, 0.5) is 0 Å². The van der Waals surface area contributed by atoms with Crippen LogP contribution >= 0.6 is 12.4 Å². The molecule has 0 bridgehead atoms. The number of carbonyl (C=O) groups is 1. The third-order valence-electron chi connectivity index (χ3n) is 3.00. The van der Waals surface area contributed by atoms with E-state index in [4.69, 9.17) is 0 Å². The van der Waals surface area contributed by atoms with E-state index in [9.17, 15) is 13.2 Å². The van der Waals surface area contributed by atoms with Crippen LogP contribution in [0, 0.1) is 0 Å². The lowest BCUT2D eigenvalue weighted by atomic mass is 10.3. The molecule has 1 heterocycles. The summed E-state index contributed by atoms with van der Waals surface area (Å²) >= 11 is 0. The second kappa shape index (κ2) is 6.70. The highest BCUT2D eigenvalue weighted by molar-refractivity contribution is 7.90. The van der Waals surface area contributed by atoms with Gasteiger partial charge in [-0.3, -0.25) is 4.79 Å². The summed E-state index contributed by atoms with van der Waals surface area (Å²) in [5.41, 5.74) is 0. The monoisotopic (exact) mass is 299 g/mol. The zero-order chi connectivity index (χ0) is 13.2. The summed E-state index contributed by atoms with van der Waals surface area (Å²) in [5, 5.41) is 2.11. The van der Waals surface area contributed by atoms with Gasteiger partial charge in [0.25, 0.3) is 0 Å². The standard InChI is InChI=1S/C10H21N3O3S.ClH/c1-8-7-11-5-6-13(8)17(15,16)9(2)10(14)12(3)4;/h8-9,11H,5-7H2,1-4H3;1H/t8-,9?;/m1./s1. The molecule has 1 saturated heterocycles. The molecular weight excluding hydrogens is 278 g/mol. The Balaban J connectivity index is 0.00000289. The van der Waals surface area contributed by atoms with Gasteiger partial charge in [0, 0.05) is 39.8 Å². The third kappa shape index (κ3) is 3.57. The van der Waals surface area contributed by atoms with Crippen molar-refractivity contribution >= 4 is 28.3 Å². The summed E-state index contributed by atoms with van der Waals surface area (Å²) in [6.45, 7) is 4.98. The number of piperazine rings is 1. The fourth-order valence-corrected chi connectivity index (χ4v) is 3.69. The quantitative estimate of drug-likeness (QED) is 0.763. The molecule has 1 N–H and O–H groups in total. The fraction of sp³-hybridized carbons (Fsp3) is 0.900. The van der Waals surface area contributed by atoms with Crippen molar-refractivity contribution in [3.63, 3.8) is 0 Å². The molecule has 2 atom stereocenters. The molecule has 18 heavy (non-hydrogen) atoms. The van der Waals surface area contributed by atoms with Crippen molar-refractivity contribution in [2.75, 3.05) is 33.7 Å². The lowest BCUT2D eigenvalue weighted by Crippen LogP contribution is -2.56. The Bertz CT molecular complexity index is 386. The average molecular weight is 300 g/mol. The largest absolute Gasteiger partial charge is 0.348 e. The van der Waals surface area contributed by atoms with Gasteiger partial charge in [-0.2, -0.15) is 4.31 Å². The van der Waals surface area contributed by atoms with Crippen LogP contribution in [-0.4, -0.2) is 68.6 Å². The first kappa shape index (κ1) is 17.6. The smallest absolute Gasteiger partial charge is 0.241 e. The second-order valence-corrected chi connectivity index (χ2v) is 6.79. The maximum Gasteiger partial charge on any atom is 0.241 e. The first-order chi connectivity index (χ1) is 7.78. The van der Waals surface area contributed by atoms with Crippen LogP contribution in [0.25, 0.3) is 0 Å². The topological polar surface area (TPSA) is 69.7 Å². The normalized spacial score (nSPS) is 23.0. The molecule has 1 amide bonds. The van der Waals surface area contributed by atoms with Crippen molar-refractivity contribution in [1.29, 1.82) is 0 Å². The molecule has 6 nitrogen and oxygen atoms in total. The second-order valence-electron chi connectivity index (χ2n) is 4.58. The van der Waals surface area contributed by atoms with E-state index in [-0.39, 0.29) is 24.4 Å². The van der Waals surface area contributed by atoms with E-state index in [0.29, 0.717) is 19.6 Å². The van der Waals surface area contributed by atoms with E-state index in [1.54, 1.807) is 14.1 Å². The van der Waals surface area contributed by atoms with E-state index in [1.165, 1.54) is 16.1 Å². The molecule has 0 aromatic rings. The number of halogens is 1. The molecule has 0 radical (unpaired) electrons. The first-order valence-electron chi connectivity index (χ1n) is 5.71. The molecule has 1 aliphatic rings. The van der Waals surface area contributed by atoms with Gasteiger partial charge in [-0.15, -0.1) is 12.4 Å². The lowest BCUT2D eigenvalue weighted by Gasteiger charge is -2.34. The summed E-state index contributed by atoms with van der Waals surface area (Å²) < 4.78 is 26.0. The van der Waals surface area contributed by atoms with Gasteiger partial charge in [0.1, 0.15) is 0 Å². The van der Waals surface area contributed by atoms with Crippen LogP contribution in [0.15, 0.2) is 0 Å². The molecule has 0 saturated carbocycles. The van der Waals surface area contributed by atoms with Crippen LogP contribution in [-0.2, 0) is 14.8 Å². The van der Waals surface area contributed by atoms with E-state index < -0.39 is 15.3 Å². The zero-order valence-electron chi connectivity index (χ0n) is 11.2. The average Bonchev–Trinajstić information content (AvgIpc) is 2.27. The van der Waals surface area contributed by atoms with E-state index in [0.717, 1.165) is 0 Å². The minimum Gasteiger partial charge on any atom is -0.348 e. The van der Waals surface area contributed by atoms with Gasteiger partial charge in [0.15, 0.2) is 5.25 Å². The van der Waals surface area contributed by atoms with Crippen molar-refractivity contribution in [3.8, 4) is 0 Å². The number of rotatable bonds is 3. The maximum atomic E-state index is 12.3. The van der Waals surface area contributed by atoms with Crippen LogP contribution in [0.2, 0.25) is 0 Å². The summed E-state index contributed by atoms with van der Waals surface area (Å²) in [7, 11) is -0.423. The Morgan fingerprint density at radius 3 is 2.44 bits per heavy atom. The number of hydrogen-bond donors (Lipinski definition) is 1. The van der Waals surface area contributed by atoms with Crippen molar-refractivity contribution in [1.82, 2.24) is 14.5 Å². The van der Waals surface area contributed by atoms with Gasteiger partial charge in [0.2, 0.25) is 15.9 Å². The Morgan fingerprint density at radius 1 is 1.44 bits per heavy atom. The van der Waals surface area contributed by atoms with E-state index in [2.05, 4.69) is 5.32 Å². The van der Waals surface area contributed by atoms with Crippen molar-refractivity contribution in [2.45, 2.75) is 25.1 Å². The summed E-state index contributed by atoms with van der Waals surface area (Å²) in [4.78, 5) is 13.1. The van der Waals surface area contributed by atoms with Gasteiger partial charge in [-0.05, 0) is 13.8 Å². The first-order valence-corrected chi connectivity index (χ1v) is 7.21. The Hall–Kier alpha value is -0.370. The molecule has 0 aromatic carbocycles. The van der Waals surface area contributed by atoms with Gasteiger partial charge < -0.3 is 10.2 Å². The predicted octanol–water partition coefficient (Wildman–Crippen LogP) is -0.492. The van der Waals surface area contributed by atoms with Crippen molar-refractivity contribution in [3.05, 3.63) is 0 Å². The highest BCUT2D eigenvalue weighted by Crippen LogP contribution is 2.15. The van der Waals surface area contributed by atoms with Crippen LogP contribution in [0.5, 0.6) is 0 Å². The summed E-state index contributed by atoms with van der Waals surface area (Å²) in [5.74, 6) is -0.379. The molecule has 108 valence electrons. The van der Waals surface area contributed by atoms with Crippen molar-refractivity contribution in [2.24, 2.45) is 0 Å². The number of amides is 1. The highest BCUT2D eigenvalue weighted by atomic mass is 35.5. The number of carbonyl (C=O) groups excluding carboxylic acids is 1. The van der Waals surface area contributed by atoms with Crippen LogP contribution < -0.4 is 5.32 Å². The minimum absolute atomic E-state index is 0. The van der Waals surface area contributed by atoms with Gasteiger partial charge in [-0.1, -0.05) is 0 Å². The summed E-state index contributed by atoms with van der Waals surface area (Å²) in [6, 6.07) is -0.105. The Morgan fingerprint density at radius 2 is 2.00 bits per heavy atom. The van der Waals surface area contributed by atoms with Crippen molar-refractivity contribution < 1.29 is 13.2 Å². The van der Waals surface area contributed by atoms with Gasteiger partial charge >= 0.3 is 0 Å². The molecule has 0 aliphatic carbocycles. The molecule has 0 spiro atoms. The highest BCUT2D eigenvalue weighted by Gasteiger charge is 2.37. The van der Waals surface area contributed by atoms with Gasteiger partial charge in [-0.25, -0.2) is 8.42 Å². The fourth-order valence-electron chi connectivity index (χ4n) is 1.89. The van der Waals surface area contributed by atoms with E-state index in [1.807, 2.05) is 6.92 Å². The lowest BCUT2D eigenvalue weighted by molar-refractivity contribution is -0.128. The molecule has 1 rings (SSSR count). The third-order valence-corrected chi connectivity index (χ3v) is 5.29. The Kier molecular flexibility index (Phi) is 6.56. The van der Waals surface area contributed by atoms with Crippen LogP contribution in [0.1, 0.15) is 13.8 Å². The zero-order valence-corrected chi connectivity index (χ0v) is 12.8. The molecule has 1 fully saturated rings. The maximum absolute atomic E-state index is 12.3. The SMILES string of the molecule is CC(C(=O)N(C)C)S(=O)(=O)N1CCNC[C@H]1C.Cl. The van der Waals surface area contributed by atoms with Crippen LogP contribution in [0.3, 0.4) is 0 Å². The number of nitrogens with one attached hydrogen (secondary N) is 1. The number of sulfonamides is 1. The molecular formula is C10H22ClN3O3S. The Labute approximate surface area is 115 Å². The predicted molar refractivity (Wildman–Crippen MR) is 73.4 cm³/mol. The molecule has 1 aliphatic heterocycles. The molecule has 0 aromatic heterocycles. The van der Waals surface area contributed by atoms with Gasteiger partial charge in [0.05, 0.1) is 0 Å². The summed E-state index contributed by atoms with van der Waals surface area (Å²) in [6.07, 6.45) is 0. The molecule has 8 heteroatoms.